The maximum absolute atomic E-state index is 9.40. The Bertz CT molecular complexity index is 412. The number of aliphatic hydroxyl groups is 1. The Labute approximate surface area is 82.1 Å². The van der Waals surface area contributed by atoms with Crippen molar-refractivity contribution in [1.29, 1.82) is 0 Å². The summed E-state index contributed by atoms with van der Waals surface area (Å²) in [5, 5.41) is 13.3. The number of nitrogens with zero attached hydrogens (tertiary/aromatic N) is 3. The lowest BCUT2D eigenvalue weighted by Gasteiger charge is -1.97. The van der Waals surface area contributed by atoms with Gasteiger partial charge in [0.25, 0.3) is 0 Å². The minimum atomic E-state index is 0.103. The van der Waals surface area contributed by atoms with Crippen LogP contribution < -0.4 is 0 Å². The average Bonchev–Trinajstić information content (AvgIpc) is 2.30. The third-order valence-electron chi connectivity index (χ3n) is 1.40. The van der Waals surface area contributed by atoms with E-state index in [1.807, 2.05) is 0 Å². The van der Waals surface area contributed by atoms with E-state index in [0.717, 1.165) is 3.70 Å². The van der Waals surface area contributed by atoms with Crippen molar-refractivity contribution >= 4 is 34.2 Å². The quantitative estimate of drug-likeness (QED) is 0.726. The van der Waals surface area contributed by atoms with Gasteiger partial charge in [0.15, 0.2) is 11.6 Å². The number of fused-ring (bicyclic) bond motifs is 1. The van der Waals surface area contributed by atoms with Gasteiger partial charge < -0.3 is 5.11 Å². The average molecular weight is 273 g/mol. The number of allylic oxidation sites excluding steroid dienone is 2. The molecule has 5 heteroatoms. The molecule has 2 rings (SSSR count). The highest BCUT2D eigenvalue weighted by Gasteiger charge is 2.11. The first-order chi connectivity index (χ1) is 5.79. The first kappa shape index (κ1) is 7.57. The van der Waals surface area contributed by atoms with Gasteiger partial charge in [-0.3, -0.25) is 0 Å². The molecule has 0 saturated carbocycles. The van der Waals surface area contributed by atoms with E-state index in [2.05, 4.69) is 38.5 Å². The third-order valence-corrected chi connectivity index (χ3v) is 2.13. The lowest BCUT2D eigenvalue weighted by Crippen LogP contribution is -1.96. The maximum atomic E-state index is 9.40. The van der Waals surface area contributed by atoms with Crippen LogP contribution in [0.5, 0.6) is 0 Å². The van der Waals surface area contributed by atoms with Gasteiger partial charge in [0.1, 0.15) is 3.70 Å². The largest absolute Gasteiger partial charge is 0.504 e. The molecule has 0 amide bonds. The van der Waals surface area contributed by atoms with Crippen molar-refractivity contribution in [2.45, 2.75) is 0 Å². The molecule has 1 aliphatic heterocycles. The summed E-state index contributed by atoms with van der Waals surface area (Å²) in [6, 6.07) is 0. The molecule has 4 nitrogen and oxygen atoms in total. The van der Waals surface area contributed by atoms with Crippen LogP contribution in [-0.2, 0) is 0 Å². The van der Waals surface area contributed by atoms with Gasteiger partial charge in [-0.1, -0.05) is 0 Å². The van der Waals surface area contributed by atoms with Crippen LogP contribution in [-0.4, -0.2) is 20.6 Å². The van der Waals surface area contributed by atoms with Crippen molar-refractivity contribution < 1.29 is 5.11 Å². The summed E-state index contributed by atoms with van der Waals surface area (Å²) >= 11 is 2.08. The normalized spacial score (nSPS) is 13.9. The fraction of sp³-hybridized carbons (Fsp3) is 0. The Morgan fingerprint density at radius 1 is 1.58 bits per heavy atom. The Morgan fingerprint density at radius 3 is 3.25 bits per heavy atom. The van der Waals surface area contributed by atoms with E-state index >= 15 is 0 Å². The standard InChI is InChI=1S/C7H4IN3O/c8-6-4-9-7-5(12)2-1-3-10-11(6)7/h1-2,4,12H. The zero-order chi connectivity index (χ0) is 8.55. The topological polar surface area (TPSA) is 50.4 Å². The van der Waals surface area contributed by atoms with Crippen LogP contribution in [0.4, 0.5) is 0 Å². The number of aliphatic hydroxyl groups excluding tert-OH is 1. The summed E-state index contributed by atoms with van der Waals surface area (Å²) in [7, 11) is 0. The molecule has 0 bridgehead atoms. The van der Waals surface area contributed by atoms with Gasteiger partial charge in [0.2, 0.25) is 0 Å². The Kier molecular flexibility index (Phi) is 1.74. The van der Waals surface area contributed by atoms with Crippen LogP contribution in [0, 0.1) is 3.70 Å². The second kappa shape index (κ2) is 2.76. The van der Waals surface area contributed by atoms with Crippen molar-refractivity contribution in [3.8, 4) is 0 Å². The first-order valence-electron chi connectivity index (χ1n) is 3.21. The zero-order valence-corrected chi connectivity index (χ0v) is 8.06. The van der Waals surface area contributed by atoms with E-state index in [1.54, 1.807) is 12.3 Å². The molecule has 1 aromatic heterocycles. The number of hydrogen-bond donors (Lipinski definition) is 1. The van der Waals surface area contributed by atoms with Crippen LogP contribution in [0.3, 0.4) is 0 Å². The third kappa shape index (κ3) is 1.07. The summed E-state index contributed by atoms with van der Waals surface area (Å²) in [6.07, 6.45) is 4.68. The summed E-state index contributed by atoms with van der Waals surface area (Å²) < 4.78 is 2.36. The van der Waals surface area contributed by atoms with Crippen molar-refractivity contribution in [3.05, 3.63) is 27.9 Å². The second-order valence-electron chi connectivity index (χ2n) is 2.16. The smallest absolute Gasteiger partial charge is 0.197 e. The Hall–Kier alpha value is -1.07. The fourth-order valence-electron chi connectivity index (χ4n) is 0.877. The predicted molar refractivity (Wildman–Crippen MR) is 53.0 cm³/mol. The van der Waals surface area contributed by atoms with E-state index in [1.165, 1.54) is 10.8 Å². The highest BCUT2D eigenvalue weighted by molar-refractivity contribution is 14.1. The molecule has 0 saturated heterocycles. The van der Waals surface area contributed by atoms with Crippen LogP contribution in [0.25, 0.3) is 5.76 Å². The molecule has 0 unspecified atom stereocenters. The number of rotatable bonds is 0. The van der Waals surface area contributed by atoms with Crippen LogP contribution >= 0.6 is 22.6 Å². The van der Waals surface area contributed by atoms with Crippen LogP contribution in [0.2, 0.25) is 0 Å². The van der Waals surface area contributed by atoms with E-state index in [-0.39, 0.29) is 5.76 Å². The lowest BCUT2D eigenvalue weighted by atomic mass is 10.4. The van der Waals surface area contributed by atoms with Gasteiger partial charge in [-0.25, -0.2) is 4.98 Å². The van der Waals surface area contributed by atoms with Gasteiger partial charge >= 0.3 is 0 Å². The number of imidazole rings is 1. The van der Waals surface area contributed by atoms with Crippen molar-refractivity contribution in [1.82, 2.24) is 9.66 Å². The molecule has 1 aliphatic rings. The van der Waals surface area contributed by atoms with Gasteiger partial charge in [-0.2, -0.15) is 4.68 Å². The molecule has 12 heavy (non-hydrogen) atoms. The van der Waals surface area contributed by atoms with Crippen LogP contribution in [0.1, 0.15) is 5.82 Å². The summed E-state index contributed by atoms with van der Waals surface area (Å²) in [6.45, 7) is 0. The Balaban J connectivity index is 2.73. The first-order valence-corrected chi connectivity index (χ1v) is 4.29. The van der Waals surface area contributed by atoms with Gasteiger partial charge in [-0.15, -0.1) is 5.10 Å². The van der Waals surface area contributed by atoms with Crippen molar-refractivity contribution in [2.75, 3.05) is 0 Å². The van der Waals surface area contributed by atoms with E-state index in [0.29, 0.717) is 5.82 Å². The molecule has 1 N–H and O–H groups in total. The van der Waals surface area contributed by atoms with Gasteiger partial charge in [0.05, 0.1) is 6.20 Å². The summed E-state index contributed by atoms with van der Waals surface area (Å²) in [4.78, 5) is 3.98. The number of hydrogen-bond acceptors (Lipinski definition) is 3. The van der Waals surface area contributed by atoms with Crippen molar-refractivity contribution in [2.24, 2.45) is 5.10 Å². The highest BCUT2D eigenvalue weighted by Crippen LogP contribution is 2.15. The number of halogens is 1. The van der Waals surface area contributed by atoms with Gasteiger partial charge in [0, 0.05) is 11.9 Å². The second-order valence-corrected chi connectivity index (χ2v) is 3.27. The minimum absolute atomic E-state index is 0.103. The SMILES string of the molecule is OC1=CC=C=Nn2c(I)cnc21. The van der Waals surface area contributed by atoms with Gasteiger partial charge in [-0.05, 0) is 28.7 Å². The molecular weight excluding hydrogens is 269 g/mol. The molecule has 0 radical (unpaired) electrons. The molecule has 0 aromatic carbocycles. The predicted octanol–water partition coefficient (Wildman–Crippen LogP) is 1.39. The molecule has 1 aromatic rings. The fourth-order valence-corrected chi connectivity index (χ4v) is 1.35. The monoisotopic (exact) mass is 273 g/mol. The van der Waals surface area contributed by atoms with Crippen molar-refractivity contribution in [3.63, 3.8) is 0 Å². The van der Waals surface area contributed by atoms with Crippen LogP contribution in [0.15, 0.2) is 23.5 Å². The molecule has 60 valence electrons. The molecule has 0 atom stereocenters. The molecule has 0 aliphatic carbocycles. The zero-order valence-electron chi connectivity index (χ0n) is 5.90. The molecule has 2 heterocycles. The lowest BCUT2D eigenvalue weighted by molar-refractivity contribution is 0.500. The number of aromatic nitrogens is 2. The summed E-state index contributed by atoms with van der Waals surface area (Å²) in [5.74, 6) is 3.19. The Morgan fingerprint density at radius 2 is 2.42 bits per heavy atom. The minimum Gasteiger partial charge on any atom is -0.504 e. The van der Waals surface area contributed by atoms with E-state index in [4.69, 9.17) is 0 Å². The molecule has 0 fully saturated rings. The van der Waals surface area contributed by atoms with E-state index in [9.17, 15) is 5.11 Å². The molecule has 0 spiro atoms. The molecular formula is C7H4IN3O. The summed E-state index contributed by atoms with van der Waals surface area (Å²) in [5.41, 5.74) is 0. The van der Waals surface area contributed by atoms with E-state index < -0.39 is 0 Å². The maximum Gasteiger partial charge on any atom is 0.197 e. The highest BCUT2D eigenvalue weighted by atomic mass is 127.